The summed E-state index contributed by atoms with van der Waals surface area (Å²) in [5, 5.41) is 3.46. The quantitative estimate of drug-likeness (QED) is 0.910. The van der Waals surface area contributed by atoms with Crippen LogP contribution in [-0.2, 0) is 4.74 Å². The number of benzene rings is 1. The van der Waals surface area contributed by atoms with Crippen LogP contribution >= 0.6 is 15.9 Å². The van der Waals surface area contributed by atoms with E-state index in [9.17, 15) is 0 Å². The second-order valence-corrected chi connectivity index (χ2v) is 4.80. The van der Waals surface area contributed by atoms with Gasteiger partial charge < -0.3 is 10.1 Å². The number of halogens is 1. The van der Waals surface area contributed by atoms with Crippen molar-refractivity contribution in [3.8, 4) is 0 Å². The van der Waals surface area contributed by atoms with Crippen molar-refractivity contribution in [1.29, 1.82) is 0 Å². The Morgan fingerprint density at radius 2 is 2.27 bits per heavy atom. The van der Waals surface area contributed by atoms with E-state index in [1.165, 1.54) is 18.5 Å². The van der Waals surface area contributed by atoms with Crippen molar-refractivity contribution < 1.29 is 4.74 Å². The first-order chi connectivity index (χ1) is 7.36. The molecule has 2 nitrogen and oxygen atoms in total. The Morgan fingerprint density at radius 1 is 1.40 bits per heavy atom. The molecule has 82 valence electrons. The molecule has 0 aromatic heterocycles. The molecule has 1 aliphatic rings. The van der Waals surface area contributed by atoms with E-state index in [2.05, 4.69) is 33.4 Å². The minimum Gasteiger partial charge on any atom is -0.384 e. The number of anilines is 1. The second-order valence-electron chi connectivity index (χ2n) is 3.94. The van der Waals surface area contributed by atoms with Crippen molar-refractivity contribution in [2.75, 3.05) is 25.1 Å². The summed E-state index contributed by atoms with van der Waals surface area (Å²) < 4.78 is 6.58. The fraction of sp³-hybridized carbons (Fsp3) is 0.500. The van der Waals surface area contributed by atoms with Gasteiger partial charge in [-0.25, -0.2) is 0 Å². The van der Waals surface area contributed by atoms with Crippen LogP contribution in [0.25, 0.3) is 0 Å². The predicted molar refractivity (Wildman–Crippen MR) is 66.2 cm³/mol. The number of para-hydroxylation sites is 1. The maximum Gasteiger partial charge on any atom is 0.0511 e. The average molecular weight is 270 g/mol. The Hall–Kier alpha value is -0.540. The van der Waals surface area contributed by atoms with Gasteiger partial charge in [-0.2, -0.15) is 0 Å². The van der Waals surface area contributed by atoms with E-state index in [0.717, 1.165) is 24.2 Å². The van der Waals surface area contributed by atoms with Crippen molar-refractivity contribution in [3.63, 3.8) is 0 Å². The topological polar surface area (TPSA) is 21.3 Å². The van der Waals surface area contributed by atoms with Gasteiger partial charge in [-0.3, -0.25) is 0 Å². The summed E-state index contributed by atoms with van der Waals surface area (Å²) in [6.07, 6.45) is 2.47. The number of hydrogen-bond donors (Lipinski definition) is 1. The molecule has 0 amide bonds. The fourth-order valence-corrected chi connectivity index (χ4v) is 2.25. The molecule has 1 saturated heterocycles. The van der Waals surface area contributed by atoms with Crippen LogP contribution < -0.4 is 5.32 Å². The van der Waals surface area contributed by atoms with Crippen molar-refractivity contribution >= 4 is 21.6 Å². The Labute approximate surface area is 99.1 Å². The van der Waals surface area contributed by atoms with Crippen molar-refractivity contribution in [2.45, 2.75) is 12.8 Å². The van der Waals surface area contributed by atoms with Gasteiger partial charge in [0, 0.05) is 23.3 Å². The summed E-state index contributed by atoms with van der Waals surface area (Å²) >= 11 is 3.53. The Morgan fingerprint density at radius 3 is 3.00 bits per heavy atom. The highest BCUT2D eigenvalue weighted by molar-refractivity contribution is 9.10. The highest BCUT2D eigenvalue weighted by Crippen LogP contribution is 2.22. The zero-order chi connectivity index (χ0) is 10.5. The van der Waals surface area contributed by atoms with E-state index < -0.39 is 0 Å². The first kappa shape index (κ1) is 11.0. The van der Waals surface area contributed by atoms with E-state index in [-0.39, 0.29) is 0 Å². The molecule has 0 spiro atoms. The third-order valence-corrected chi connectivity index (χ3v) is 3.40. The molecule has 0 saturated carbocycles. The average Bonchev–Trinajstić information content (AvgIpc) is 2.29. The van der Waals surface area contributed by atoms with Crippen molar-refractivity contribution in [2.24, 2.45) is 5.92 Å². The summed E-state index contributed by atoms with van der Waals surface area (Å²) in [7, 11) is 0. The Kier molecular flexibility index (Phi) is 4.03. The predicted octanol–water partition coefficient (Wildman–Crippen LogP) is 3.29. The maximum atomic E-state index is 5.45. The molecule has 0 radical (unpaired) electrons. The maximum absolute atomic E-state index is 5.45. The highest BCUT2D eigenvalue weighted by Gasteiger charge is 2.13. The van der Waals surface area contributed by atoms with Crippen LogP contribution in [0.15, 0.2) is 28.7 Å². The van der Waals surface area contributed by atoms with Gasteiger partial charge in [0.15, 0.2) is 0 Å². The molecular formula is C12H16BrNO. The molecule has 2 rings (SSSR count). The lowest BCUT2D eigenvalue weighted by atomic mass is 10.0. The second kappa shape index (κ2) is 5.52. The van der Waals surface area contributed by atoms with Crippen LogP contribution in [0.4, 0.5) is 5.69 Å². The lowest BCUT2D eigenvalue weighted by Crippen LogP contribution is -2.24. The minimum absolute atomic E-state index is 0.658. The standard InChI is InChI=1S/C12H16BrNO/c13-11-5-1-2-6-12(11)14-8-10-4-3-7-15-9-10/h1-2,5-6,10,14H,3-4,7-9H2. The number of rotatable bonds is 3. The molecule has 3 heteroatoms. The van der Waals surface area contributed by atoms with Crippen LogP contribution in [0.3, 0.4) is 0 Å². The Balaban J connectivity index is 1.84. The molecule has 0 aliphatic carbocycles. The van der Waals surface area contributed by atoms with Crippen LogP contribution in [0.2, 0.25) is 0 Å². The van der Waals surface area contributed by atoms with Gasteiger partial charge in [-0.15, -0.1) is 0 Å². The molecule has 1 N–H and O–H groups in total. The van der Waals surface area contributed by atoms with E-state index in [1.54, 1.807) is 0 Å². The largest absolute Gasteiger partial charge is 0.384 e. The van der Waals surface area contributed by atoms with E-state index in [1.807, 2.05) is 12.1 Å². The fourth-order valence-electron chi connectivity index (χ4n) is 1.83. The molecule has 1 aromatic carbocycles. The number of ether oxygens (including phenoxy) is 1. The van der Waals surface area contributed by atoms with Gasteiger partial charge in [0.2, 0.25) is 0 Å². The van der Waals surface area contributed by atoms with Gasteiger partial charge in [-0.1, -0.05) is 12.1 Å². The monoisotopic (exact) mass is 269 g/mol. The number of hydrogen-bond acceptors (Lipinski definition) is 2. The smallest absolute Gasteiger partial charge is 0.0511 e. The van der Waals surface area contributed by atoms with Gasteiger partial charge in [0.1, 0.15) is 0 Å². The molecule has 15 heavy (non-hydrogen) atoms. The molecule has 1 fully saturated rings. The third kappa shape index (κ3) is 3.21. The normalized spacial score (nSPS) is 21.3. The molecule has 1 aromatic rings. The third-order valence-electron chi connectivity index (χ3n) is 2.71. The molecule has 1 atom stereocenters. The van der Waals surface area contributed by atoms with Crippen LogP contribution in [0.1, 0.15) is 12.8 Å². The van der Waals surface area contributed by atoms with E-state index >= 15 is 0 Å². The summed E-state index contributed by atoms with van der Waals surface area (Å²) in [5.74, 6) is 0.658. The van der Waals surface area contributed by atoms with Gasteiger partial charge in [0.25, 0.3) is 0 Å². The lowest BCUT2D eigenvalue weighted by molar-refractivity contribution is 0.0595. The molecule has 0 bridgehead atoms. The molecule has 1 aliphatic heterocycles. The van der Waals surface area contributed by atoms with Crippen LogP contribution in [0, 0.1) is 5.92 Å². The van der Waals surface area contributed by atoms with Crippen molar-refractivity contribution in [3.05, 3.63) is 28.7 Å². The summed E-state index contributed by atoms with van der Waals surface area (Å²) in [6.45, 7) is 2.84. The molecule has 1 heterocycles. The first-order valence-electron chi connectivity index (χ1n) is 5.42. The zero-order valence-electron chi connectivity index (χ0n) is 8.71. The first-order valence-corrected chi connectivity index (χ1v) is 6.21. The minimum atomic E-state index is 0.658. The number of nitrogens with one attached hydrogen (secondary N) is 1. The van der Waals surface area contributed by atoms with E-state index in [0.29, 0.717) is 5.92 Å². The van der Waals surface area contributed by atoms with Gasteiger partial charge >= 0.3 is 0 Å². The highest BCUT2D eigenvalue weighted by atomic mass is 79.9. The lowest BCUT2D eigenvalue weighted by Gasteiger charge is -2.22. The summed E-state index contributed by atoms with van der Waals surface area (Å²) in [5.41, 5.74) is 1.17. The van der Waals surface area contributed by atoms with Gasteiger partial charge in [-0.05, 0) is 46.8 Å². The van der Waals surface area contributed by atoms with E-state index in [4.69, 9.17) is 4.74 Å². The zero-order valence-corrected chi connectivity index (χ0v) is 10.3. The van der Waals surface area contributed by atoms with Crippen LogP contribution in [-0.4, -0.2) is 19.8 Å². The summed E-state index contributed by atoms with van der Waals surface area (Å²) in [4.78, 5) is 0. The SMILES string of the molecule is Brc1ccccc1NCC1CCCOC1. The van der Waals surface area contributed by atoms with Crippen LogP contribution in [0.5, 0.6) is 0 Å². The van der Waals surface area contributed by atoms with Crippen molar-refractivity contribution in [1.82, 2.24) is 0 Å². The Bertz CT molecular complexity index is 310. The molecular weight excluding hydrogens is 254 g/mol. The van der Waals surface area contributed by atoms with Gasteiger partial charge in [0.05, 0.1) is 6.61 Å². The summed E-state index contributed by atoms with van der Waals surface area (Å²) in [6, 6.07) is 8.22. The molecule has 1 unspecified atom stereocenters.